The highest BCUT2D eigenvalue weighted by Gasteiger charge is 2.28. The van der Waals surface area contributed by atoms with E-state index in [0.717, 1.165) is 0 Å². The molecule has 29 heavy (non-hydrogen) atoms. The number of para-hydroxylation sites is 1. The van der Waals surface area contributed by atoms with Crippen molar-refractivity contribution >= 4 is 22.7 Å². The van der Waals surface area contributed by atoms with Crippen LogP contribution in [0.25, 0.3) is 11.0 Å². The summed E-state index contributed by atoms with van der Waals surface area (Å²) in [5.74, 6) is -1.29. The molecule has 5 nitrogen and oxygen atoms in total. The van der Waals surface area contributed by atoms with E-state index in [-0.39, 0.29) is 11.3 Å². The van der Waals surface area contributed by atoms with Crippen LogP contribution in [0.2, 0.25) is 0 Å². The Labute approximate surface area is 166 Å². The number of carbonyl (C=O) groups is 2. The van der Waals surface area contributed by atoms with E-state index in [1.54, 1.807) is 84.9 Å². The predicted molar refractivity (Wildman–Crippen MR) is 108 cm³/mol. The smallest absolute Gasteiger partial charge is 0.351 e. The van der Waals surface area contributed by atoms with Gasteiger partial charge in [0, 0.05) is 16.5 Å². The van der Waals surface area contributed by atoms with Crippen LogP contribution < -0.4 is 5.63 Å². The number of hydrogen-bond acceptors (Lipinski definition) is 5. The average molecular weight is 384 g/mol. The third kappa shape index (κ3) is 3.84. The van der Waals surface area contributed by atoms with Gasteiger partial charge in [-0.2, -0.15) is 0 Å². The molecule has 1 heterocycles. The number of ketones is 1. The molecule has 0 saturated heterocycles. The highest BCUT2D eigenvalue weighted by molar-refractivity contribution is 6.02. The molecule has 4 aromatic rings. The van der Waals surface area contributed by atoms with Crippen molar-refractivity contribution in [3.8, 4) is 0 Å². The fourth-order valence-corrected chi connectivity index (χ4v) is 3.03. The van der Waals surface area contributed by atoms with Gasteiger partial charge in [-0.1, -0.05) is 78.9 Å². The number of fused-ring (bicyclic) bond motifs is 1. The summed E-state index contributed by atoms with van der Waals surface area (Å²) in [6.07, 6.45) is -1.18. The van der Waals surface area contributed by atoms with Gasteiger partial charge in [-0.25, -0.2) is 9.59 Å². The Morgan fingerprint density at radius 3 is 2.14 bits per heavy atom. The molecule has 0 spiro atoms. The molecule has 1 atom stereocenters. The predicted octanol–water partition coefficient (Wildman–Crippen LogP) is 4.57. The zero-order chi connectivity index (χ0) is 20.2. The van der Waals surface area contributed by atoms with Gasteiger partial charge < -0.3 is 9.15 Å². The molecule has 0 aliphatic heterocycles. The summed E-state index contributed by atoms with van der Waals surface area (Å²) in [6.45, 7) is 0. The van der Waals surface area contributed by atoms with Gasteiger partial charge in [-0.05, 0) is 12.1 Å². The maximum atomic E-state index is 13.0. The van der Waals surface area contributed by atoms with Crippen LogP contribution in [-0.2, 0) is 4.74 Å². The molecule has 5 heteroatoms. The topological polar surface area (TPSA) is 73.6 Å². The molecule has 0 aliphatic rings. The first kappa shape index (κ1) is 18.4. The van der Waals surface area contributed by atoms with Crippen molar-refractivity contribution in [1.29, 1.82) is 0 Å². The Hall–Kier alpha value is -3.99. The lowest BCUT2D eigenvalue weighted by Gasteiger charge is -2.17. The van der Waals surface area contributed by atoms with Crippen molar-refractivity contribution in [2.75, 3.05) is 0 Å². The molecule has 0 saturated carbocycles. The number of carbonyl (C=O) groups excluding carboxylic acids is 2. The third-order valence-electron chi connectivity index (χ3n) is 4.48. The second kappa shape index (κ2) is 7.94. The molecular weight excluding hydrogens is 368 g/mol. The summed E-state index contributed by atoms with van der Waals surface area (Å²) in [5.41, 5.74) is 0.215. The summed E-state index contributed by atoms with van der Waals surface area (Å²) >= 11 is 0. The van der Waals surface area contributed by atoms with Gasteiger partial charge in [0.15, 0.2) is 6.10 Å². The second-order valence-electron chi connectivity index (χ2n) is 6.41. The van der Waals surface area contributed by atoms with Gasteiger partial charge in [0.25, 0.3) is 0 Å². The lowest BCUT2D eigenvalue weighted by atomic mass is 10.00. The van der Waals surface area contributed by atoms with Crippen LogP contribution in [0.1, 0.15) is 32.4 Å². The van der Waals surface area contributed by atoms with E-state index in [4.69, 9.17) is 9.15 Å². The molecule has 4 rings (SSSR count). The van der Waals surface area contributed by atoms with E-state index in [1.165, 1.54) is 6.07 Å². The minimum atomic E-state index is -1.18. The number of Topliss-reactive ketones (excluding diaryl/α,β-unsaturated/α-hetero) is 1. The summed E-state index contributed by atoms with van der Waals surface area (Å²) < 4.78 is 10.7. The van der Waals surface area contributed by atoms with Gasteiger partial charge in [-0.15, -0.1) is 0 Å². The Balaban J connectivity index is 1.71. The molecule has 0 radical (unpaired) electrons. The van der Waals surface area contributed by atoms with Crippen LogP contribution in [0.15, 0.2) is 100 Å². The van der Waals surface area contributed by atoms with E-state index in [9.17, 15) is 14.4 Å². The van der Waals surface area contributed by atoms with Crippen molar-refractivity contribution in [2.45, 2.75) is 6.10 Å². The number of rotatable bonds is 5. The van der Waals surface area contributed by atoms with E-state index in [1.807, 2.05) is 0 Å². The van der Waals surface area contributed by atoms with E-state index in [0.29, 0.717) is 22.1 Å². The summed E-state index contributed by atoms with van der Waals surface area (Å²) in [6, 6.07) is 25.5. The van der Waals surface area contributed by atoms with Crippen molar-refractivity contribution < 1.29 is 18.7 Å². The summed E-state index contributed by atoms with van der Waals surface area (Å²) in [5, 5.41) is 0.588. The van der Waals surface area contributed by atoms with Crippen molar-refractivity contribution in [1.82, 2.24) is 0 Å². The molecule has 0 fully saturated rings. The van der Waals surface area contributed by atoms with Gasteiger partial charge in [-0.3, -0.25) is 4.79 Å². The molecule has 1 unspecified atom stereocenters. The van der Waals surface area contributed by atoms with Gasteiger partial charge >= 0.3 is 11.6 Å². The van der Waals surface area contributed by atoms with E-state index >= 15 is 0 Å². The quantitative estimate of drug-likeness (QED) is 0.286. The van der Waals surface area contributed by atoms with Gasteiger partial charge in [0.2, 0.25) is 5.78 Å². The van der Waals surface area contributed by atoms with Gasteiger partial charge in [0.1, 0.15) is 11.1 Å². The Morgan fingerprint density at radius 1 is 0.793 bits per heavy atom. The van der Waals surface area contributed by atoms with E-state index in [2.05, 4.69) is 0 Å². The first-order valence-electron chi connectivity index (χ1n) is 9.01. The van der Waals surface area contributed by atoms with Crippen LogP contribution in [0, 0.1) is 0 Å². The fraction of sp³-hybridized carbons (Fsp3) is 0.0417. The normalized spacial score (nSPS) is 11.7. The third-order valence-corrected chi connectivity index (χ3v) is 4.48. The molecule has 3 aromatic carbocycles. The summed E-state index contributed by atoms with van der Waals surface area (Å²) in [4.78, 5) is 38.1. The minimum absolute atomic E-state index is 0.259. The van der Waals surface area contributed by atoms with Crippen LogP contribution in [0.5, 0.6) is 0 Å². The van der Waals surface area contributed by atoms with Crippen molar-refractivity contribution in [3.05, 3.63) is 118 Å². The number of ether oxygens (including phenoxy) is 1. The molecule has 142 valence electrons. The van der Waals surface area contributed by atoms with Crippen LogP contribution in [0.3, 0.4) is 0 Å². The molecule has 0 N–H and O–H groups in total. The summed E-state index contributed by atoms with van der Waals surface area (Å²) in [7, 11) is 0. The largest absolute Gasteiger partial charge is 0.445 e. The van der Waals surface area contributed by atoms with Gasteiger partial charge in [0.05, 0.1) is 0 Å². The lowest BCUT2D eigenvalue weighted by molar-refractivity contribution is 0.0276. The number of benzene rings is 3. The first-order chi connectivity index (χ1) is 14.1. The molecule has 0 bridgehead atoms. The van der Waals surface area contributed by atoms with Crippen molar-refractivity contribution in [2.24, 2.45) is 0 Å². The van der Waals surface area contributed by atoms with Crippen molar-refractivity contribution in [3.63, 3.8) is 0 Å². The first-order valence-corrected chi connectivity index (χ1v) is 9.01. The highest BCUT2D eigenvalue weighted by atomic mass is 16.5. The molecular formula is C24H16O5. The van der Waals surface area contributed by atoms with Crippen LogP contribution >= 0.6 is 0 Å². The SMILES string of the molecule is O=C(OC(C(=O)c1ccccc1)c1ccccc1)c1cc2ccccc2oc1=O. The van der Waals surface area contributed by atoms with Crippen LogP contribution in [0.4, 0.5) is 0 Å². The molecule has 0 amide bonds. The average Bonchev–Trinajstić information content (AvgIpc) is 2.77. The Morgan fingerprint density at radius 2 is 1.41 bits per heavy atom. The number of hydrogen-bond donors (Lipinski definition) is 0. The standard InChI is InChI=1S/C24H16O5/c25-21(16-9-3-1-4-10-16)22(17-11-5-2-6-12-17)29-24(27)19-15-18-13-7-8-14-20(18)28-23(19)26/h1-15,22H. The Kier molecular flexibility index (Phi) is 5.03. The lowest BCUT2D eigenvalue weighted by Crippen LogP contribution is -2.23. The second-order valence-corrected chi connectivity index (χ2v) is 6.41. The molecule has 0 aliphatic carbocycles. The monoisotopic (exact) mass is 384 g/mol. The van der Waals surface area contributed by atoms with E-state index < -0.39 is 17.7 Å². The minimum Gasteiger partial charge on any atom is -0.445 e. The van der Waals surface area contributed by atoms with Crippen LogP contribution in [-0.4, -0.2) is 11.8 Å². The maximum Gasteiger partial charge on any atom is 0.351 e. The zero-order valence-electron chi connectivity index (χ0n) is 15.3. The zero-order valence-corrected chi connectivity index (χ0v) is 15.3. The fourth-order valence-electron chi connectivity index (χ4n) is 3.03. The maximum absolute atomic E-state index is 13.0. The highest BCUT2D eigenvalue weighted by Crippen LogP contribution is 2.24. The number of esters is 1. The molecule has 1 aromatic heterocycles. The Bertz CT molecular complexity index is 1230.